The Balaban J connectivity index is 1.82. The lowest BCUT2D eigenvalue weighted by atomic mass is 9.98. The molecule has 1 aliphatic rings. The molecule has 1 amide bonds. The Bertz CT molecular complexity index is 859. The second-order valence-corrected chi connectivity index (χ2v) is 6.17. The molecular weight excluding hydrogens is 310 g/mol. The molecule has 0 saturated carbocycles. The smallest absolute Gasteiger partial charge is 0.308 e. The molecule has 1 aliphatic heterocycles. The first-order chi connectivity index (χ1) is 11.5. The fourth-order valence-corrected chi connectivity index (χ4v) is 3.10. The number of nitrogens with zero attached hydrogens (tertiary/aromatic N) is 3. The van der Waals surface area contributed by atoms with Crippen LogP contribution in [0.25, 0.3) is 10.9 Å². The molecular formula is C17H19N3O4. The number of benzene rings is 1. The molecule has 1 fully saturated rings. The molecule has 2 heterocycles. The van der Waals surface area contributed by atoms with E-state index in [2.05, 4.69) is 4.98 Å². The number of para-hydroxylation sites is 1. The molecule has 1 unspecified atom stereocenters. The minimum atomic E-state index is -0.882. The van der Waals surface area contributed by atoms with E-state index in [1.165, 1.54) is 15.8 Å². The number of fused-ring (bicyclic) bond motifs is 1. The Labute approximate surface area is 138 Å². The van der Waals surface area contributed by atoms with Gasteiger partial charge in [-0.15, -0.1) is 0 Å². The number of carbonyl (C=O) groups is 2. The average Bonchev–Trinajstić information content (AvgIpc) is 2.58. The lowest BCUT2D eigenvalue weighted by Gasteiger charge is -2.30. The first-order valence-electron chi connectivity index (χ1n) is 7.92. The van der Waals surface area contributed by atoms with Crippen molar-refractivity contribution in [3.05, 3.63) is 40.4 Å². The predicted molar refractivity (Wildman–Crippen MR) is 87.7 cm³/mol. The van der Waals surface area contributed by atoms with Crippen LogP contribution in [0.2, 0.25) is 0 Å². The summed E-state index contributed by atoms with van der Waals surface area (Å²) in [6, 6.07) is 5.36. The molecule has 1 N–H and O–H groups in total. The van der Waals surface area contributed by atoms with Gasteiger partial charge in [-0.05, 0) is 31.4 Å². The molecule has 7 nitrogen and oxygen atoms in total. The van der Waals surface area contributed by atoms with Crippen molar-refractivity contribution in [3.8, 4) is 0 Å². The van der Waals surface area contributed by atoms with Crippen molar-refractivity contribution in [1.29, 1.82) is 0 Å². The summed E-state index contributed by atoms with van der Waals surface area (Å²) in [5.41, 5.74) is 1.28. The van der Waals surface area contributed by atoms with Gasteiger partial charge in [0, 0.05) is 13.1 Å². The normalized spacial score (nSPS) is 17.9. The van der Waals surface area contributed by atoms with Crippen LogP contribution in [0.5, 0.6) is 0 Å². The van der Waals surface area contributed by atoms with Crippen LogP contribution in [0.3, 0.4) is 0 Å². The van der Waals surface area contributed by atoms with Crippen LogP contribution in [-0.2, 0) is 16.1 Å². The van der Waals surface area contributed by atoms with Gasteiger partial charge in [0.2, 0.25) is 5.91 Å². The number of carboxylic acids is 1. The van der Waals surface area contributed by atoms with E-state index in [1.54, 1.807) is 12.1 Å². The van der Waals surface area contributed by atoms with Crippen molar-refractivity contribution in [2.75, 3.05) is 13.1 Å². The van der Waals surface area contributed by atoms with Crippen molar-refractivity contribution in [3.63, 3.8) is 0 Å². The molecule has 0 aliphatic carbocycles. The summed E-state index contributed by atoms with van der Waals surface area (Å²) in [6.07, 6.45) is 2.62. The number of aryl methyl sites for hydroxylation is 1. The van der Waals surface area contributed by atoms with E-state index in [9.17, 15) is 14.4 Å². The van der Waals surface area contributed by atoms with Crippen LogP contribution in [0, 0.1) is 12.8 Å². The average molecular weight is 329 g/mol. The van der Waals surface area contributed by atoms with E-state index in [0.29, 0.717) is 30.3 Å². The van der Waals surface area contributed by atoms with E-state index in [4.69, 9.17) is 5.11 Å². The van der Waals surface area contributed by atoms with Crippen molar-refractivity contribution >= 4 is 22.8 Å². The molecule has 0 spiro atoms. The standard InChI is InChI=1S/C17H19N3O4/c1-11-4-2-6-13-15(11)18-10-20(16(13)22)9-14(21)19-7-3-5-12(8-19)17(23)24/h2,4,6,10,12H,3,5,7-9H2,1H3,(H,23,24). The molecule has 1 aromatic heterocycles. The molecule has 0 bridgehead atoms. The summed E-state index contributed by atoms with van der Waals surface area (Å²) in [5.74, 6) is -1.67. The number of hydrogen-bond acceptors (Lipinski definition) is 4. The Morgan fingerprint density at radius 2 is 2.17 bits per heavy atom. The van der Waals surface area contributed by atoms with Crippen molar-refractivity contribution in [2.24, 2.45) is 5.92 Å². The summed E-state index contributed by atoms with van der Waals surface area (Å²) < 4.78 is 1.29. The lowest BCUT2D eigenvalue weighted by Crippen LogP contribution is -2.44. The highest BCUT2D eigenvalue weighted by Gasteiger charge is 2.28. The van der Waals surface area contributed by atoms with Gasteiger partial charge in [-0.2, -0.15) is 0 Å². The van der Waals surface area contributed by atoms with E-state index < -0.39 is 11.9 Å². The van der Waals surface area contributed by atoms with Gasteiger partial charge in [0.05, 0.1) is 23.1 Å². The molecule has 24 heavy (non-hydrogen) atoms. The molecule has 1 atom stereocenters. The minimum absolute atomic E-state index is 0.123. The molecule has 126 valence electrons. The van der Waals surface area contributed by atoms with Gasteiger partial charge in [0.15, 0.2) is 0 Å². The van der Waals surface area contributed by atoms with Gasteiger partial charge < -0.3 is 10.0 Å². The number of likely N-dealkylation sites (tertiary alicyclic amines) is 1. The zero-order chi connectivity index (χ0) is 17.3. The lowest BCUT2D eigenvalue weighted by molar-refractivity contribution is -0.145. The van der Waals surface area contributed by atoms with E-state index >= 15 is 0 Å². The molecule has 1 saturated heterocycles. The van der Waals surface area contributed by atoms with Crippen LogP contribution >= 0.6 is 0 Å². The summed E-state index contributed by atoms with van der Waals surface area (Å²) in [7, 11) is 0. The quantitative estimate of drug-likeness (QED) is 0.908. The molecule has 2 aromatic rings. The van der Waals surface area contributed by atoms with Crippen molar-refractivity contribution in [2.45, 2.75) is 26.3 Å². The maximum absolute atomic E-state index is 12.5. The Morgan fingerprint density at radius 3 is 2.92 bits per heavy atom. The van der Waals surface area contributed by atoms with Gasteiger partial charge in [-0.1, -0.05) is 12.1 Å². The van der Waals surface area contributed by atoms with E-state index in [0.717, 1.165) is 5.56 Å². The highest BCUT2D eigenvalue weighted by Crippen LogP contribution is 2.17. The van der Waals surface area contributed by atoms with Crippen LogP contribution in [0.15, 0.2) is 29.3 Å². The highest BCUT2D eigenvalue weighted by molar-refractivity contribution is 5.81. The largest absolute Gasteiger partial charge is 0.481 e. The first kappa shape index (κ1) is 16.2. The van der Waals surface area contributed by atoms with Gasteiger partial charge >= 0.3 is 5.97 Å². The third-order valence-corrected chi connectivity index (χ3v) is 4.48. The molecule has 3 rings (SSSR count). The number of piperidine rings is 1. The number of carboxylic acid groups (broad SMARTS) is 1. The molecule has 1 aromatic carbocycles. The van der Waals surface area contributed by atoms with Gasteiger partial charge in [0.25, 0.3) is 5.56 Å². The molecule has 7 heteroatoms. The van der Waals surface area contributed by atoms with Crippen molar-refractivity contribution in [1.82, 2.24) is 14.5 Å². The fraction of sp³-hybridized carbons (Fsp3) is 0.412. The van der Waals surface area contributed by atoms with E-state index in [1.807, 2.05) is 13.0 Å². The Morgan fingerprint density at radius 1 is 1.38 bits per heavy atom. The summed E-state index contributed by atoms with van der Waals surface area (Å²) in [6.45, 7) is 2.48. The van der Waals surface area contributed by atoms with Crippen LogP contribution in [-0.4, -0.2) is 44.5 Å². The zero-order valence-corrected chi connectivity index (χ0v) is 13.4. The zero-order valence-electron chi connectivity index (χ0n) is 13.4. The molecule has 0 radical (unpaired) electrons. The Kier molecular flexibility index (Phi) is 4.33. The number of aromatic nitrogens is 2. The number of rotatable bonds is 3. The minimum Gasteiger partial charge on any atom is -0.481 e. The fourth-order valence-electron chi connectivity index (χ4n) is 3.10. The van der Waals surface area contributed by atoms with Gasteiger partial charge in [0.1, 0.15) is 6.54 Å². The number of carbonyl (C=O) groups excluding carboxylic acids is 1. The number of aliphatic carboxylic acids is 1. The summed E-state index contributed by atoms with van der Waals surface area (Å²) in [5, 5.41) is 9.59. The second kappa shape index (κ2) is 6.43. The maximum atomic E-state index is 12.5. The monoisotopic (exact) mass is 329 g/mol. The van der Waals surface area contributed by atoms with Crippen molar-refractivity contribution < 1.29 is 14.7 Å². The van der Waals surface area contributed by atoms with Gasteiger partial charge in [-0.25, -0.2) is 4.98 Å². The predicted octanol–water partition coefficient (Wildman–Crippen LogP) is 1.03. The SMILES string of the molecule is Cc1cccc2c(=O)n(CC(=O)N3CCCC(C(=O)O)C3)cnc12. The third kappa shape index (κ3) is 3.02. The third-order valence-electron chi connectivity index (χ3n) is 4.48. The maximum Gasteiger partial charge on any atom is 0.308 e. The first-order valence-corrected chi connectivity index (χ1v) is 7.92. The van der Waals surface area contributed by atoms with Crippen LogP contribution in [0.4, 0.5) is 0 Å². The number of hydrogen-bond donors (Lipinski definition) is 1. The number of amides is 1. The van der Waals surface area contributed by atoms with Crippen LogP contribution in [0.1, 0.15) is 18.4 Å². The summed E-state index contributed by atoms with van der Waals surface area (Å²) in [4.78, 5) is 41.9. The Hall–Kier alpha value is -2.70. The summed E-state index contributed by atoms with van der Waals surface area (Å²) >= 11 is 0. The van der Waals surface area contributed by atoms with Crippen LogP contribution < -0.4 is 5.56 Å². The topological polar surface area (TPSA) is 92.5 Å². The van der Waals surface area contributed by atoms with E-state index in [-0.39, 0.29) is 24.6 Å². The highest BCUT2D eigenvalue weighted by atomic mass is 16.4. The second-order valence-electron chi connectivity index (χ2n) is 6.17. The van der Waals surface area contributed by atoms with Gasteiger partial charge in [-0.3, -0.25) is 19.0 Å².